The third kappa shape index (κ3) is 3.64. The molecular weight excluding hydrogens is 254 g/mol. The maximum Gasteiger partial charge on any atom is 0.119 e. The van der Waals surface area contributed by atoms with E-state index in [4.69, 9.17) is 9.47 Å². The first kappa shape index (κ1) is 15.1. The van der Waals surface area contributed by atoms with E-state index in [0.717, 1.165) is 37.4 Å². The molecule has 1 unspecified atom stereocenters. The van der Waals surface area contributed by atoms with Gasteiger partial charge in [0.05, 0.1) is 18.8 Å². The van der Waals surface area contributed by atoms with Gasteiger partial charge in [-0.05, 0) is 56.5 Å². The van der Waals surface area contributed by atoms with E-state index in [0.29, 0.717) is 12.5 Å². The number of benzene rings is 1. The second-order valence-electron chi connectivity index (χ2n) is 5.45. The molecule has 1 aliphatic rings. The summed E-state index contributed by atoms with van der Waals surface area (Å²) in [5.74, 6) is 2.19. The molecule has 0 radical (unpaired) electrons. The molecule has 20 heavy (non-hydrogen) atoms. The van der Waals surface area contributed by atoms with Crippen molar-refractivity contribution in [2.75, 3.05) is 26.9 Å². The van der Waals surface area contributed by atoms with Gasteiger partial charge in [-0.2, -0.15) is 0 Å². The molecule has 0 aromatic heterocycles. The van der Waals surface area contributed by atoms with Gasteiger partial charge in [0.2, 0.25) is 0 Å². The van der Waals surface area contributed by atoms with E-state index in [1.807, 2.05) is 31.3 Å². The summed E-state index contributed by atoms with van der Waals surface area (Å²) in [5, 5.41) is 12.9. The lowest BCUT2D eigenvalue weighted by atomic mass is 9.95. The molecule has 0 heterocycles. The molecule has 2 N–H and O–H groups in total. The Bertz CT molecular complexity index is 397. The second-order valence-corrected chi connectivity index (χ2v) is 5.45. The van der Waals surface area contributed by atoms with E-state index >= 15 is 0 Å². The standard InChI is InChI=1S/C16H25NO3/c1-3-10-19-14-6-8-15(9-7-14)20-12-16(11-18,17-2)13-4-5-13/h6-9,13,17-18H,3-5,10-12H2,1-2H3. The number of aliphatic hydroxyl groups is 1. The van der Waals surface area contributed by atoms with Crippen LogP contribution in [0.5, 0.6) is 11.5 Å². The Morgan fingerprint density at radius 2 is 1.80 bits per heavy atom. The van der Waals surface area contributed by atoms with E-state index in [2.05, 4.69) is 12.2 Å². The number of rotatable bonds is 9. The molecule has 0 aliphatic heterocycles. The van der Waals surface area contributed by atoms with Crippen LogP contribution in [0.15, 0.2) is 24.3 Å². The van der Waals surface area contributed by atoms with E-state index in [1.165, 1.54) is 0 Å². The summed E-state index contributed by atoms with van der Waals surface area (Å²) in [6.07, 6.45) is 3.32. The Labute approximate surface area is 121 Å². The van der Waals surface area contributed by atoms with Crippen LogP contribution >= 0.6 is 0 Å². The maximum absolute atomic E-state index is 9.64. The third-order valence-electron chi connectivity index (χ3n) is 3.93. The lowest BCUT2D eigenvalue weighted by Gasteiger charge is -2.31. The molecule has 1 fully saturated rings. The Kier molecular flexibility index (Phi) is 5.26. The van der Waals surface area contributed by atoms with Crippen LogP contribution in [0.25, 0.3) is 0 Å². The molecule has 2 rings (SSSR count). The van der Waals surface area contributed by atoms with Crippen LogP contribution in [0.2, 0.25) is 0 Å². The quantitative estimate of drug-likeness (QED) is 0.728. The summed E-state index contributed by atoms with van der Waals surface area (Å²) in [6, 6.07) is 7.66. The van der Waals surface area contributed by atoms with E-state index in [-0.39, 0.29) is 12.1 Å². The number of hydrogen-bond donors (Lipinski definition) is 2. The first-order chi connectivity index (χ1) is 9.74. The minimum absolute atomic E-state index is 0.103. The number of ether oxygens (including phenoxy) is 2. The molecule has 0 bridgehead atoms. The van der Waals surface area contributed by atoms with Crippen molar-refractivity contribution in [2.24, 2.45) is 5.92 Å². The normalized spacial score (nSPS) is 17.6. The maximum atomic E-state index is 9.64. The lowest BCUT2D eigenvalue weighted by molar-refractivity contribution is 0.0914. The number of nitrogens with one attached hydrogen (secondary N) is 1. The van der Waals surface area contributed by atoms with Gasteiger partial charge in [0, 0.05) is 0 Å². The van der Waals surface area contributed by atoms with Crippen LogP contribution in [-0.4, -0.2) is 37.5 Å². The van der Waals surface area contributed by atoms with Crippen LogP contribution in [-0.2, 0) is 0 Å². The van der Waals surface area contributed by atoms with Gasteiger partial charge >= 0.3 is 0 Å². The zero-order valence-electron chi connectivity index (χ0n) is 12.4. The Morgan fingerprint density at radius 1 is 1.20 bits per heavy atom. The molecule has 0 spiro atoms. The van der Waals surface area contributed by atoms with Crippen molar-refractivity contribution in [3.8, 4) is 11.5 Å². The smallest absolute Gasteiger partial charge is 0.119 e. The first-order valence-electron chi connectivity index (χ1n) is 7.39. The van der Waals surface area contributed by atoms with E-state index in [1.54, 1.807) is 0 Å². The van der Waals surface area contributed by atoms with Gasteiger partial charge in [-0.25, -0.2) is 0 Å². The molecule has 0 saturated heterocycles. The van der Waals surface area contributed by atoms with Crippen LogP contribution in [0.4, 0.5) is 0 Å². The number of hydrogen-bond acceptors (Lipinski definition) is 4. The fourth-order valence-electron chi connectivity index (χ4n) is 2.35. The molecule has 1 aromatic carbocycles. The van der Waals surface area contributed by atoms with Crippen molar-refractivity contribution in [2.45, 2.75) is 31.7 Å². The average molecular weight is 279 g/mol. The van der Waals surface area contributed by atoms with Crippen LogP contribution in [0.1, 0.15) is 26.2 Å². The predicted molar refractivity (Wildman–Crippen MR) is 79.3 cm³/mol. The molecule has 4 heteroatoms. The Balaban J connectivity index is 1.89. The molecule has 1 atom stereocenters. The summed E-state index contributed by atoms with van der Waals surface area (Å²) < 4.78 is 11.4. The highest BCUT2D eigenvalue weighted by Gasteiger charge is 2.44. The Hall–Kier alpha value is -1.26. The Morgan fingerprint density at radius 3 is 2.25 bits per heavy atom. The minimum atomic E-state index is -0.308. The lowest BCUT2D eigenvalue weighted by Crippen LogP contribution is -2.53. The van der Waals surface area contributed by atoms with Crippen LogP contribution in [0, 0.1) is 5.92 Å². The largest absolute Gasteiger partial charge is 0.494 e. The van der Waals surface area contributed by atoms with Crippen molar-refractivity contribution in [3.63, 3.8) is 0 Å². The summed E-state index contributed by atoms with van der Waals surface area (Å²) in [6.45, 7) is 3.41. The van der Waals surface area contributed by atoms with Gasteiger partial charge < -0.3 is 19.9 Å². The van der Waals surface area contributed by atoms with Crippen molar-refractivity contribution >= 4 is 0 Å². The van der Waals surface area contributed by atoms with Gasteiger partial charge in [0.15, 0.2) is 0 Å². The highest BCUT2D eigenvalue weighted by atomic mass is 16.5. The zero-order valence-corrected chi connectivity index (χ0v) is 12.4. The van der Waals surface area contributed by atoms with Crippen molar-refractivity contribution in [1.29, 1.82) is 0 Å². The summed E-state index contributed by atoms with van der Waals surface area (Å²) >= 11 is 0. The van der Waals surface area contributed by atoms with Gasteiger partial charge in [-0.1, -0.05) is 6.92 Å². The number of likely N-dealkylation sites (N-methyl/N-ethyl adjacent to an activating group) is 1. The zero-order chi connectivity index (χ0) is 14.4. The molecule has 112 valence electrons. The molecule has 1 aromatic rings. The summed E-state index contributed by atoms with van der Waals surface area (Å²) in [7, 11) is 1.89. The van der Waals surface area contributed by atoms with E-state index < -0.39 is 0 Å². The molecule has 4 nitrogen and oxygen atoms in total. The topological polar surface area (TPSA) is 50.7 Å². The fourth-order valence-corrected chi connectivity index (χ4v) is 2.35. The summed E-state index contributed by atoms with van der Waals surface area (Å²) in [4.78, 5) is 0. The third-order valence-corrected chi connectivity index (χ3v) is 3.93. The van der Waals surface area contributed by atoms with Crippen molar-refractivity contribution in [1.82, 2.24) is 5.32 Å². The highest BCUT2D eigenvalue weighted by Crippen LogP contribution is 2.39. The summed E-state index contributed by atoms with van der Waals surface area (Å²) in [5.41, 5.74) is -0.308. The van der Waals surface area contributed by atoms with Crippen LogP contribution < -0.4 is 14.8 Å². The first-order valence-corrected chi connectivity index (χ1v) is 7.39. The molecule has 1 saturated carbocycles. The van der Waals surface area contributed by atoms with E-state index in [9.17, 15) is 5.11 Å². The van der Waals surface area contributed by atoms with Gasteiger partial charge in [0.1, 0.15) is 18.1 Å². The van der Waals surface area contributed by atoms with Crippen LogP contribution in [0.3, 0.4) is 0 Å². The predicted octanol–water partition coefficient (Wildman–Crippen LogP) is 2.21. The SMILES string of the molecule is CCCOc1ccc(OCC(CO)(NC)C2CC2)cc1. The highest BCUT2D eigenvalue weighted by molar-refractivity contribution is 5.31. The number of aliphatic hydroxyl groups excluding tert-OH is 1. The molecule has 0 amide bonds. The minimum Gasteiger partial charge on any atom is -0.494 e. The molecular formula is C16H25NO3. The second kappa shape index (κ2) is 6.95. The average Bonchev–Trinajstić information content (AvgIpc) is 3.33. The van der Waals surface area contributed by atoms with Crippen molar-refractivity contribution in [3.05, 3.63) is 24.3 Å². The van der Waals surface area contributed by atoms with Gasteiger partial charge in [-0.3, -0.25) is 0 Å². The van der Waals surface area contributed by atoms with Gasteiger partial charge in [0.25, 0.3) is 0 Å². The van der Waals surface area contributed by atoms with Gasteiger partial charge in [-0.15, -0.1) is 0 Å². The molecule has 1 aliphatic carbocycles. The van der Waals surface area contributed by atoms with Crippen molar-refractivity contribution < 1.29 is 14.6 Å². The monoisotopic (exact) mass is 279 g/mol. The fraction of sp³-hybridized carbons (Fsp3) is 0.625.